The summed E-state index contributed by atoms with van der Waals surface area (Å²) < 4.78 is 41.1. The molecular formula is C22H21F3N2O4. The number of aliphatic hydroxyl groups is 2. The van der Waals surface area contributed by atoms with Crippen molar-refractivity contribution in [2.75, 3.05) is 6.61 Å². The fraction of sp³-hybridized carbons (Fsp3) is 0.182. The predicted octanol–water partition coefficient (Wildman–Crippen LogP) is 3.97. The number of alkyl halides is 3. The van der Waals surface area contributed by atoms with Crippen molar-refractivity contribution in [1.82, 2.24) is 5.32 Å². The zero-order valence-electron chi connectivity index (χ0n) is 16.4. The molecule has 0 saturated carbocycles. The third kappa shape index (κ3) is 6.80. The van der Waals surface area contributed by atoms with Crippen molar-refractivity contribution in [3.63, 3.8) is 0 Å². The Morgan fingerprint density at radius 3 is 2.42 bits per heavy atom. The summed E-state index contributed by atoms with van der Waals surface area (Å²) in [5.41, 5.74) is 2.17. The van der Waals surface area contributed by atoms with Gasteiger partial charge in [-0.1, -0.05) is 31.4 Å². The third-order valence-electron chi connectivity index (χ3n) is 4.13. The molecule has 164 valence electrons. The molecule has 0 radical (unpaired) electrons. The Morgan fingerprint density at radius 1 is 1.19 bits per heavy atom. The molecule has 0 aromatic heterocycles. The molecule has 2 rings (SSSR count). The Balaban J connectivity index is 2.56. The Hall–Kier alpha value is -3.43. The smallest absolute Gasteiger partial charge is 0.406 e. The van der Waals surface area contributed by atoms with Crippen LogP contribution in [0.1, 0.15) is 17.2 Å². The van der Waals surface area contributed by atoms with Gasteiger partial charge in [0.05, 0.1) is 12.3 Å². The Morgan fingerprint density at radius 2 is 1.87 bits per heavy atom. The number of hydrogen-bond donors (Lipinski definition) is 3. The molecule has 0 unspecified atom stereocenters. The Labute approximate surface area is 177 Å². The predicted molar refractivity (Wildman–Crippen MR) is 111 cm³/mol. The molecule has 0 bridgehead atoms. The summed E-state index contributed by atoms with van der Waals surface area (Å²) in [5, 5.41) is 22.4. The molecule has 31 heavy (non-hydrogen) atoms. The normalized spacial score (nSPS) is 12.4. The van der Waals surface area contributed by atoms with E-state index in [4.69, 9.17) is 0 Å². The van der Waals surface area contributed by atoms with Gasteiger partial charge in [0.25, 0.3) is 0 Å². The molecule has 0 saturated heterocycles. The van der Waals surface area contributed by atoms with Crippen LogP contribution in [-0.4, -0.2) is 35.3 Å². The number of amides is 1. The van der Waals surface area contributed by atoms with Crippen molar-refractivity contribution >= 4 is 17.8 Å². The summed E-state index contributed by atoms with van der Waals surface area (Å²) >= 11 is 0. The van der Waals surface area contributed by atoms with E-state index in [0.29, 0.717) is 27.9 Å². The van der Waals surface area contributed by atoms with Crippen LogP contribution in [0.2, 0.25) is 0 Å². The van der Waals surface area contributed by atoms with Gasteiger partial charge in [0.1, 0.15) is 11.9 Å². The quantitative estimate of drug-likeness (QED) is 0.412. The number of aliphatic hydroxyl groups excluding tert-OH is 2. The van der Waals surface area contributed by atoms with Crippen LogP contribution in [0.3, 0.4) is 0 Å². The summed E-state index contributed by atoms with van der Waals surface area (Å²) in [7, 11) is 0. The maximum Gasteiger partial charge on any atom is 0.573 e. The zero-order valence-corrected chi connectivity index (χ0v) is 16.4. The second kappa shape index (κ2) is 10.6. The minimum atomic E-state index is -4.80. The molecule has 0 aliphatic heterocycles. The van der Waals surface area contributed by atoms with E-state index in [0.717, 1.165) is 6.08 Å². The van der Waals surface area contributed by atoms with E-state index >= 15 is 0 Å². The highest BCUT2D eigenvalue weighted by atomic mass is 19.4. The number of halogens is 3. The van der Waals surface area contributed by atoms with Gasteiger partial charge in [-0.2, -0.15) is 0 Å². The monoisotopic (exact) mass is 434 g/mol. The highest BCUT2D eigenvalue weighted by Gasteiger charge is 2.31. The molecule has 0 heterocycles. The van der Waals surface area contributed by atoms with Gasteiger partial charge in [-0.3, -0.25) is 9.79 Å². The van der Waals surface area contributed by atoms with Crippen LogP contribution in [0.5, 0.6) is 5.75 Å². The molecule has 2 aromatic rings. The number of benzene rings is 2. The third-order valence-corrected chi connectivity index (χ3v) is 4.13. The molecule has 0 aliphatic carbocycles. The first-order chi connectivity index (χ1) is 14.7. The second-order valence-electron chi connectivity index (χ2n) is 6.27. The van der Waals surface area contributed by atoms with E-state index in [1.807, 2.05) is 0 Å². The van der Waals surface area contributed by atoms with Crippen LogP contribution < -0.4 is 10.1 Å². The lowest BCUT2D eigenvalue weighted by atomic mass is 9.94. The van der Waals surface area contributed by atoms with E-state index in [2.05, 4.69) is 28.2 Å². The molecule has 2 aromatic carbocycles. The van der Waals surface area contributed by atoms with Crippen molar-refractivity contribution in [3.8, 4) is 16.9 Å². The Kier molecular flexibility index (Phi) is 8.12. The largest absolute Gasteiger partial charge is 0.573 e. The van der Waals surface area contributed by atoms with E-state index < -0.39 is 25.0 Å². The number of allylic oxidation sites excluding steroid dienone is 1. The van der Waals surface area contributed by atoms with Crippen LogP contribution in [-0.2, 0) is 11.3 Å². The first-order valence-corrected chi connectivity index (χ1v) is 9.05. The number of nitrogens with zero attached hydrogens (tertiary/aromatic N) is 1. The van der Waals surface area contributed by atoms with E-state index in [1.165, 1.54) is 36.6 Å². The van der Waals surface area contributed by atoms with E-state index in [1.54, 1.807) is 12.1 Å². The lowest BCUT2D eigenvalue weighted by Crippen LogP contribution is -2.21. The minimum absolute atomic E-state index is 0.00301. The summed E-state index contributed by atoms with van der Waals surface area (Å²) in [6, 6.07) is 8.46. The van der Waals surface area contributed by atoms with Gasteiger partial charge in [-0.15, -0.1) is 13.2 Å². The second-order valence-corrected chi connectivity index (χ2v) is 6.27. The summed E-state index contributed by atoms with van der Waals surface area (Å²) in [5.74, 6) is -0.813. The number of rotatable bonds is 9. The Bertz CT molecular complexity index is 970. The van der Waals surface area contributed by atoms with Crippen molar-refractivity contribution in [3.05, 3.63) is 72.8 Å². The van der Waals surface area contributed by atoms with E-state index in [-0.39, 0.29) is 12.3 Å². The first kappa shape index (κ1) is 23.8. The maximum atomic E-state index is 12.4. The van der Waals surface area contributed by atoms with Crippen molar-refractivity contribution < 1.29 is 32.9 Å². The number of ether oxygens (including phenoxy) is 1. The number of aliphatic imine (C=N–C) groups is 1. The molecule has 1 atom stereocenters. The topological polar surface area (TPSA) is 91.2 Å². The summed E-state index contributed by atoms with van der Waals surface area (Å²) in [6.07, 6.45) is -2.18. The fourth-order valence-electron chi connectivity index (χ4n) is 2.83. The minimum Gasteiger partial charge on any atom is -0.406 e. The van der Waals surface area contributed by atoms with Gasteiger partial charge in [-0.05, 0) is 47.0 Å². The van der Waals surface area contributed by atoms with Gasteiger partial charge in [-0.25, -0.2) is 0 Å². The van der Waals surface area contributed by atoms with Crippen LogP contribution in [0, 0.1) is 0 Å². The number of carbonyl (C=O) groups excluding carboxylic acids is 1. The van der Waals surface area contributed by atoms with Gasteiger partial charge in [0.2, 0.25) is 5.91 Å². The number of nitrogens with one attached hydrogen (secondary N) is 1. The standard InChI is InChI=1S/C22H21F3N2O4/c1-3-9-26-18-11-15(14-5-7-17(8-6-14)31-22(23,24)25)10-16(12-27-20(30)4-2)21(18)19(29)13-28/h3-11,19,28-29H,1-2,12-13H2,(H,27,30)/t19-/m1/s1. The van der Waals surface area contributed by atoms with Gasteiger partial charge in [0, 0.05) is 18.3 Å². The molecule has 0 fully saturated rings. The lowest BCUT2D eigenvalue weighted by molar-refractivity contribution is -0.274. The molecule has 9 heteroatoms. The molecular weight excluding hydrogens is 413 g/mol. The van der Waals surface area contributed by atoms with Crippen molar-refractivity contribution in [1.29, 1.82) is 0 Å². The van der Waals surface area contributed by atoms with E-state index in [9.17, 15) is 28.2 Å². The summed E-state index contributed by atoms with van der Waals surface area (Å²) in [4.78, 5) is 15.8. The molecule has 0 aliphatic rings. The highest BCUT2D eigenvalue weighted by Crippen LogP contribution is 2.35. The van der Waals surface area contributed by atoms with Crippen LogP contribution >= 0.6 is 0 Å². The van der Waals surface area contributed by atoms with Gasteiger partial charge < -0.3 is 20.3 Å². The number of hydrogen-bond acceptors (Lipinski definition) is 5. The van der Waals surface area contributed by atoms with Crippen LogP contribution in [0.25, 0.3) is 11.1 Å². The zero-order chi connectivity index (χ0) is 23.0. The number of carbonyl (C=O) groups is 1. The van der Waals surface area contributed by atoms with Gasteiger partial charge >= 0.3 is 6.36 Å². The maximum absolute atomic E-state index is 12.4. The summed E-state index contributed by atoms with van der Waals surface area (Å²) in [6.45, 7) is 6.34. The molecule has 1 amide bonds. The van der Waals surface area contributed by atoms with Crippen LogP contribution in [0.15, 0.2) is 66.7 Å². The van der Waals surface area contributed by atoms with Gasteiger partial charge in [0.15, 0.2) is 0 Å². The van der Waals surface area contributed by atoms with Crippen LogP contribution in [0.4, 0.5) is 18.9 Å². The molecule has 3 N–H and O–H groups in total. The highest BCUT2D eigenvalue weighted by molar-refractivity contribution is 5.87. The molecule has 6 nitrogen and oxygen atoms in total. The lowest BCUT2D eigenvalue weighted by Gasteiger charge is -2.19. The van der Waals surface area contributed by atoms with Crippen molar-refractivity contribution in [2.45, 2.75) is 19.0 Å². The average molecular weight is 434 g/mol. The van der Waals surface area contributed by atoms with Crippen molar-refractivity contribution in [2.24, 2.45) is 4.99 Å². The molecule has 0 spiro atoms. The first-order valence-electron chi connectivity index (χ1n) is 9.05. The fourth-order valence-corrected chi connectivity index (χ4v) is 2.83. The average Bonchev–Trinajstić information content (AvgIpc) is 2.74. The SMILES string of the molecule is C=CC=Nc1cc(-c2ccc(OC(F)(F)F)cc2)cc(CNC(=O)C=C)c1[C@H](O)CO.